The molecular formula is C23H28N2. The molecule has 0 saturated heterocycles. The molecule has 2 aromatic rings. The highest BCUT2D eigenvalue weighted by Crippen LogP contribution is 2.46. The lowest BCUT2D eigenvalue weighted by molar-refractivity contribution is 0.640. The standard InChI is InChI=1S/C23H28N2/c1-23(2)20-11-7-8-12-21(20)25(5)22(23)13-9-6-10-18-14-16-19(17-15-18)24(3)4/h6-9,11-17H,10H2,1-5H3. The van der Waals surface area contributed by atoms with Crippen LogP contribution in [0.4, 0.5) is 11.4 Å². The molecule has 2 heteroatoms. The van der Waals surface area contributed by atoms with Gasteiger partial charge in [-0.2, -0.15) is 0 Å². The van der Waals surface area contributed by atoms with E-state index in [-0.39, 0.29) is 5.41 Å². The fourth-order valence-electron chi connectivity index (χ4n) is 3.60. The highest BCUT2D eigenvalue weighted by atomic mass is 15.2. The summed E-state index contributed by atoms with van der Waals surface area (Å²) in [6, 6.07) is 17.4. The Morgan fingerprint density at radius 3 is 2.32 bits per heavy atom. The second kappa shape index (κ2) is 6.79. The Balaban J connectivity index is 1.73. The quantitative estimate of drug-likeness (QED) is 0.763. The smallest absolute Gasteiger partial charge is 0.0447 e. The van der Waals surface area contributed by atoms with Crippen LogP contribution in [0.5, 0.6) is 0 Å². The van der Waals surface area contributed by atoms with Gasteiger partial charge in [-0.3, -0.25) is 0 Å². The largest absolute Gasteiger partial charge is 0.378 e. The number of nitrogens with zero attached hydrogens (tertiary/aromatic N) is 2. The maximum atomic E-state index is 2.31. The molecule has 0 amide bonds. The van der Waals surface area contributed by atoms with Crippen molar-refractivity contribution in [1.82, 2.24) is 0 Å². The maximum absolute atomic E-state index is 2.31. The molecule has 0 atom stereocenters. The first-order valence-electron chi connectivity index (χ1n) is 8.88. The van der Waals surface area contributed by atoms with Gasteiger partial charge in [-0.15, -0.1) is 0 Å². The van der Waals surface area contributed by atoms with Gasteiger partial charge in [0.15, 0.2) is 0 Å². The van der Waals surface area contributed by atoms with Gasteiger partial charge in [0.05, 0.1) is 0 Å². The lowest BCUT2D eigenvalue weighted by Gasteiger charge is -2.23. The molecule has 0 aliphatic carbocycles. The van der Waals surface area contributed by atoms with E-state index in [1.165, 1.54) is 28.2 Å². The Bertz CT molecular complexity index is 795. The minimum absolute atomic E-state index is 0.0447. The van der Waals surface area contributed by atoms with Crippen LogP contribution in [0.15, 0.2) is 72.5 Å². The monoisotopic (exact) mass is 332 g/mol. The van der Waals surface area contributed by atoms with Crippen LogP contribution in [0.2, 0.25) is 0 Å². The van der Waals surface area contributed by atoms with Crippen LogP contribution >= 0.6 is 0 Å². The zero-order chi connectivity index (χ0) is 18.0. The number of para-hydroxylation sites is 1. The number of fused-ring (bicyclic) bond motifs is 1. The van der Waals surface area contributed by atoms with Crippen LogP contribution in [0.1, 0.15) is 25.0 Å². The van der Waals surface area contributed by atoms with E-state index in [0.29, 0.717) is 0 Å². The van der Waals surface area contributed by atoms with Gasteiger partial charge >= 0.3 is 0 Å². The van der Waals surface area contributed by atoms with Crippen molar-refractivity contribution in [2.75, 3.05) is 30.9 Å². The van der Waals surface area contributed by atoms with Crippen molar-refractivity contribution in [3.05, 3.63) is 83.6 Å². The molecule has 0 bridgehead atoms. The highest BCUT2D eigenvalue weighted by Gasteiger charge is 2.37. The molecule has 2 nitrogen and oxygen atoms in total. The van der Waals surface area contributed by atoms with Crippen LogP contribution in [0.3, 0.4) is 0 Å². The summed E-state index contributed by atoms with van der Waals surface area (Å²) in [4.78, 5) is 4.44. The fourth-order valence-corrected chi connectivity index (χ4v) is 3.60. The molecule has 0 spiro atoms. The summed E-state index contributed by atoms with van der Waals surface area (Å²) < 4.78 is 0. The molecule has 130 valence electrons. The molecule has 25 heavy (non-hydrogen) atoms. The fraction of sp³-hybridized carbons (Fsp3) is 0.304. The van der Waals surface area contributed by atoms with Gasteiger partial charge in [0.1, 0.15) is 0 Å². The van der Waals surface area contributed by atoms with Crippen molar-refractivity contribution in [3.63, 3.8) is 0 Å². The summed E-state index contributed by atoms with van der Waals surface area (Å²) in [6.07, 6.45) is 7.65. The van der Waals surface area contributed by atoms with Crippen molar-refractivity contribution in [3.8, 4) is 0 Å². The first-order chi connectivity index (χ1) is 11.9. The van der Waals surface area contributed by atoms with Crippen molar-refractivity contribution in [1.29, 1.82) is 0 Å². The van der Waals surface area contributed by atoms with Gasteiger partial charge in [0.25, 0.3) is 0 Å². The SMILES string of the molecule is CN(C)c1ccc(CC=CC=C2N(C)c3ccccc3C2(C)C)cc1. The third-order valence-corrected chi connectivity index (χ3v) is 5.14. The molecule has 1 aliphatic rings. The van der Waals surface area contributed by atoms with Gasteiger partial charge in [0, 0.05) is 43.6 Å². The summed E-state index contributed by atoms with van der Waals surface area (Å²) >= 11 is 0. The molecular weight excluding hydrogens is 304 g/mol. The molecule has 1 aliphatic heterocycles. The number of hydrogen-bond donors (Lipinski definition) is 0. The van der Waals surface area contributed by atoms with E-state index >= 15 is 0 Å². The third kappa shape index (κ3) is 3.34. The van der Waals surface area contributed by atoms with Crippen molar-refractivity contribution >= 4 is 11.4 Å². The topological polar surface area (TPSA) is 6.48 Å². The van der Waals surface area contributed by atoms with Crippen LogP contribution in [0.25, 0.3) is 0 Å². The minimum atomic E-state index is 0.0447. The number of allylic oxidation sites excluding steroid dienone is 4. The highest BCUT2D eigenvalue weighted by molar-refractivity contribution is 5.70. The summed E-state index contributed by atoms with van der Waals surface area (Å²) in [5.74, 6) is 0. The lowest BCUT2D eigenvalue weighted by Crippen LogP contribution is -2.22. The average molecular weight is 332 g/mol. The number of hydrogen-bond acceptors (Lipinski definition) is 2. The van der Waals surface area contributed by atoms with Gasteiger partial charge < -0.3 is 9.80 Å². The third-order valence-electron chi connectivity index (χ3n) is 5.14. The second-order valence-corrected chi connectivity index (χ2v) is 7.45. The molecule has 1 heterocycles. The van der Waals surface area contributed by atoms with E-state index in [1.54, 1.807) is 0 Å². The first-order valence-corrected chi connectivity index (χ1v) is 8.88. The Hall–Kier alpha value is -2.48. The molecule has 0 N–H and O–H groups in total. The zero-order valence-electron chi connectivity index (χ0n) is 16.0. The van der Waals surface area contributed by atoms with Gasteiger partial charge in [-0.25, -0.2) is 0 Å². The molecule has 0 fully saturated rings. The van der Waals surface area contributed by atoms with Crippen LogP contribution in [-0.2, 0) is 11.8 Å². The summed E-state index contributed by atoms with van der Waals surface area (Å²) in [5.41, 5.74) is 6.67. The Morgan fingerprint density at radius 1 is 1.00 bits per heavy atom. The molecule has 0 aromatic heterocycles. The summed E-state index contributed by atoms with van der Waals surface area (Å²) in [7, 11) is 6.30. The number of likely N-dealkylation sites (N-methyl/N-ethyl adjacent to an activating group) is 1. The number of rotatable bonds is 4. The minimum Gasteiger partial charge on any atom is -0.378 e. The van der Waals surface area contributed by atoms with Gasteiger partial charge in [0.2, 0.25) is 0 Å². The van der Waals surface area contributed by atoms with Crippen LogP contribution in [0, 0.1) is 0 Å². The lowest BCUT2D eigenvalue weighted by atomic mass is 9.84. The van der Waals surface area contributed by atoms with Crippen molar-refractivity contribution in [2.24, 2.45) is 0 Å². The van der Waals surface area contributed by atoms with Crippen molar-refractivity contribution in [2.45, 2.75) is 25.7 Å². The Kier molecular flexibility index (Phi) is 4.71. The van der Waals surface area contributed by atoms with Crippen molar-refractivity contribution < 1.29 is 0 Å². The molecule has 0 radical (unpaired) electrons. The van der Waals surface area contributed by atoms with Gasteiger partial charge in [-0.05, 0) is 41.8 Å². The molecule has 2 aromatic carbocycles. The maximum Gasteiger partial charge on any atom is 0.0447 e. The second-order valence-electron chi connectivity index (χ2n) is 7.45. The van der Waals surface area contributed by atoms with E-state index < -0.39 is 0 Å². The molecule has 3 rings (SSSR count). The number of benzene rings is 2. The van der Waals surface area contributed by atoms with Crippen LogP contribution < -0.4 is 9.80 Å². The van der Waals surface area contributed by atoms with Crippen LogP contribution in [-0.4, -0.2) is 21.1 Å². The Morgan fingerprint density at radius 2 is 1.68 bits per heavy atom. The predicted octanol–water partition coefficient (Wildman–Crippen LogP) is 5.16. The van der Waals surface area contributed by atoms with Gasteiger partial charge in [-0.1, -0.05) is 56.3 Å². The van der Waals surface area contributed by atoms with E-state index in [2.05, 4.69) is 112 Å². The van der Waals surface area contributed by atoms with E-state index in [1.807, 2.05) is 0 Å². The summed E-state index contributed by atoms with van der Waals surface area (Å²) in [6.45, 7) is 4.60. The van der Waals surface area contributed by atoms with E-state index in [0.717, 1.165) is 6.42 Å². The zero-order valence-corrected chi connectivity index (χ0v) is 16.0. The van der Waals surface area contributed by atoms with E-state index in [4.69, 9.17) is 0 Å². The summed E-state index contributed by atoms with van der Waals surface area (Å²) in [5, 5.41) is 0. The average Bonchev–Trinajstić information content (AvgIpc) is 2.79. The normalized spacial score (nSPS) is 17.3. The first kappa shape index (κ1) is 17.3. The number of anilines is 2. The molecule has 0 saturated carbocycles. The van der Waals surface area contributed by atoms with E-state index in [9.17, 15) is 0 Å². The molecule has 0 unspecified atom stereocenters. The predicted molar refractivity (Wildman–Crippen MR) is 110 cm³/mol. The Labute approximate surface area is 152 Å².